The van der Waals surface area contributed by atoms with Gasteiger partial charge in [-0.2, -0.15) is 0 Å². The number of rotatable bonds is 2. The maximum Gasteiger partial charge on any atom is 0.253 e. The Labute approximate surface area is 120 Å². The van der Waals surface area contributed by atoms with Crippen molar-refractivity contribution in [3.8, 4) is 0 Å². The molecule has 0 spiro atoms. The van der Waals surface area contributed by atoms with Gasteiger partial charge in [-0.05, 0) is 31.5 Å². The number of hydrogen-bond acceptors (Lipinski definition) is 4. The summed E-state index contributed by atoms with van der Waals surface area (Å²) in [6.07, 6.45) is 1.14. The molecule has 1 aromatic rings. The number of carbonyl (C=O) groups excluding carboxylic acids is 1. The Morgan fingerprint density at radius 3 is 2.90 bits per heavy atom. The van der Waals surface area contributed by atoms with Gasteiger partial charge in [-0.1, -0.05) is 0 Å². The number of carbonyl (C=O) groups is 1. The predicted octanol–water partition coefficient (Wildman–Crippen LogP) is 1.59. The molecule has 1 saturated heterocycles. The molecule has 2 N–H and O–H groups in total. The first-order chi connectivity index (χ1) is 9.49. The second kappa shape index (κ2) is 6.13. The molecule has 1 unspecified atom stereocenters. The number of amides is 1. The molecule has 110 valence electrons. The fourth-order valence-electron chi connectivity index (χ4n) is 2.42. The summed E-state index contributed by atoms with van der Waals surface area (Å²) in [4.78, 5) is 15.8. The first kappa shape index (κ1) is 14.7. The smallest absolute Gasteiger partial charge is 0.253 e. The number of hydrogen-bond donors (Lipinski definition) is 1. The van der Waals surface area contributed by atoms with Crippen molar-refractivity contribution in [2.24, 2.45) is 0 Å². The Morgan fingerprint density at radius 2 is 2.20 bits per heavy atom. The second-order valence-electron chi connectivity index (χ2n) is 5.45. The van der Waals surface area contributed by atoms with Gasteiger partial charge < -0.3 is 20.3 Å². The summed E-state index contributed by atoms with van der Waals surface area (Å²) in [5.74, 6) is -0.00892. The van der Waals surface area contributed by atoms with Gasteiger partial charge in [0.15, 0.2) is 0 Å². The molecule has 0 bridgehead atoms. The van der Waals surface area contributed by atoms with Gasteiger partial charge in [-0.15, -0.1) is 0 Å². The molecule has 20 heavy (non-hydrogen) atoms. The van der Waals surface area contributed by atoms with Crippen molar-refractivity contribution in [2.45, 2.75) is 19.4 Å². The highest BCUT2D eigenvalue weighted by molar-refractivity contribution is 5.96. The lowest BCUT2D eigenvalue weighted by molar-refractivity contribution is 0.0820. The van der Waals surface area contributed by atoms with Crippen molar-refractivity contribution in [2.75, 3.05) is 44.4 Å². The Morgan fingerprint density at radius 1 is 1.45 bits per heavy atom. The van der Waals surface area contributed by atoms with E-state index in [0.29, 0.717) is 11.3 Å². The van der Waals surface area contributed by atoms with Crippen LogP contribution in [0.3, 0.4) is 0 Å². The van der Waals surface area contributed by atoms with Crippen LogP contribution in [-0.4, -0.2) is 50.7 Å². The lowest BCUT2D eigenvalue weighted by Crippen LogP contribution is -2.31. The van der Waals surface area contributed by atoms with Gasteiger partial charge in [0.2, 0.25) is 0 Å². The van der Waals surface area contributed by atoms with Crippen LogP contribution < -0.4 is 10.6 Å². The zero-order valence-electron chi connectivity index (χ0n) is 12.4. The average molecular weight is 277 g/mol. The van der Waals surface area contributed by atoms with E-state index in [2.05, 4.69) is 11.8 Å². The van der Waals surface area contributed by atoms with Crippen LogP contribution in [0.4, 0.5) is 11.4 Å². The van der Waals surface area contributed by atoms with E-state index in [0.717, 1.165) is 31.8 Å². The van der Waals surface area contributed by atoms with Crippen LogP contribution in [-0.2, 0) is 4.74 Å². The highest BCUT2D eigenvalue weighted by Crippen LogP contribution is 2.26. The molecule has 1 aromatic carbocycles. The molecule has 1 heterocycles. The van der Waals surface area contributed by atoms with Crippen LogP contribution in [0.2, 0.25) is 0 Å². The molecule has 0 radical (unpaired) electrons. The van der Waals surface area contributed by atoms with E-state index in [1.54, 1.807) is 25.1 Å². The number of nitrogen functional groups attached to an aromatic ring is 1. The Hall–Kier alpha value is -1.75. The minimum Gasteiger partial charge on any atom is -0.397 e. The van der Waals surface area contributed by atoms with E-state index in [-0.39, 0.29) is 12.0 Å². The van der Waals surface area contributed by atoms with Crippen molar-refractivity contribution in [3.63, 3.8) is 0 Å². The van der Waals surface area contributed by atoms with Gasteiger partial charge in [0.05, 0.1) is 17.5 Å². The summed E-state index contributed by atoms with van der Waals surface area (Å²) >= 11 is 0. The minimum atomic E-state index is -0.00892. The van der Waals surface area contributed by atoms with Gasteiger partial charge in [0.1, 0.15) is 0 Å². The van der Waals surface area contributed by atoms with E-state index >= 15 is 0 Å². The first-order valence-electron chi connectivity index (χ1n) is 6.96. The van der Waals surface area contributed by atoms with Gasteiger partial charge in [-0.3, -0.25) is 4.79 Å². The summed E-state index contributed by atoms with van der Waals surface area (Å²) in [6, 6.07) is 5.47. The third-order valence-corrected chi connectivity index (χ3v) is 3.48. The van der Waals surface area contributed by atoms with Crippen LogP contribution in [0.15, 0.2) is 18.2 Å². The molecule has 5 heteroatoms. The zero-order chi connectivity index (χ0) is 14.7. The third kappa shape index (κ3) is 3.22. The Balaban J connectivity index is 2.30. The molecular formula is C15H23N3O2. The normalized spacial score (nSPS) is 19.6. The average Bonchev–Trinajstić information content (AvgIpc) is 2.63. The summed E-state index contributed by atoms with van der Waals surface area (Å²) in [6.45, 7) is 4.52. The standard InChI is InChI=1S/C15H23N3O2/c1-11-10-18(7-4-8-20-11)14-9-12(5-6-13(14)16)15(19)17(2)3/h5-6,9,11H,4,7-8,10,16H2,1-3H3. The fraction of sp³-hybridized carbons (Fsp3) is 0.533. The molecule has 1 amide bonds. The van der Waals surface area contributed by atoms with Crippen molar-refractivity contribution in [1.29, 1.82) is 0 Å². The number of benzene rings is 1. The van der Waals surface area contributed by atoms with Crippen molar-refractivity contribution >= 4 is 17.3 Å². The summed E-state index contributed by atoms with van der Waals surface area (Å²) in [7, 11) is 3.50. The predicted molar refractivity (Wildman–Crippen MR) is 81.1 cm³/mol. The lowest BCUT2D eigenvalue weighted by Gasteiger charge is -2.26. The van der Waals surface area contributed by atoms with Crippen LogP contribution in [0.5, 0.6) is 0 Å². The molecule has 0 aliphatic carbocycles. The summed E-state index contributed by atoms with van der Waals surface area (Å²) in [5, 5.41) is 0. The van der Waals surface area contributed by atoms with Gasteiger partial charge in [-0.25, -0.2) is 0 Å². The van der Waals surface area contributed by atoms with Gasteiger partial charge >= 0.3 is 0 Å². The molecule has 2 rings (SSSR count). The van der Waals surface area contributed by atoms with Crippen molar-refractivity contribution in [1.82, 2.24) is 4.90 Å². The van der Waals surface area contributed by atoms with Gasteiger partial charge in [0, 0.05) is 39.4 Å². The molecule has 1 aliphatic heterocycles. The van der Waals surface area contributed by atoms with E-state index in [4.69, 9.17) is 10.5 Å². The maximum absolute atomic E-state index is 12.1. The topological polar surface area (TPSA) is 58.8 Å². The van der Waals surface area contributed by atoms with Crippen molar-refractivity contribution in [3.05, 3.63) is 23.8 Å². The van der Waals surface area contributed by atoms with Crippen LogP contribution >= 0.6 is 0 Å². The van der Waals surface area contributed by atoms with E-state index in [1.165, 1.54) is 0 Å². The number of nitrogens with zero attached hydrogens (tertiary/aromatic N) is 2. The fourth-order valence-corrected chi connectivity index (χ4v) is 2.42. The number of ether oxygens (including phenoxy) is 1. The van der Waals surface area contributed by atoms with Crippen molar-refractivity contribution < 1.29 is 9.53 Å². The van der Waals surface area contributed by atoms with E-state index < -0.39 is 0 Å². The minimum absolute atomic E-state index is 0.00892. The van der Waals surface area contributed by atoms with Gasteiger partial charge in [0.25, 0.3) is 5.91 Å². The molecule has 5 nitrogen and oxygen atoms in total. The van der Waals surface area contributed by atoms with E-state index in [9.17, 15) is 4.79 Å². The quantitative estimate of drug-likeness (QED) is 0.834. The molecule has 0 saturated carbocycles. The Kier molecular flexibility index (Phi) is 4.49. The second-order valence-corrected chi connectivity index (χ2v) is 5.45. The molecule has 1 fully saturated rings. The summed E-state index contributed by atoms with van der Waals surface area (Å²) < 4.78 is 5.65. The SMILES string of the molecule is CC1CN(c2cc(C(=O)N(C)C)ccc2N)CCCO1. The number of nitrogens with two attached hydrogens (primary N) is 1. The Bertz CT molecular complexity index is 488. The van der Waals surface area contributed by atoms with Crippen LogP contribution in [0.1, 0.15) is 23.7 Å². The summed E-state index contributed by atoms with van der Waals surface area (Å²) in [5.41, 5.74) is 8.38. The van der Waals surface area contributed by atoms with Crippen LogP contribution in [0, 0.1) is 0 Å². The highest BCUT2D eigenvalue weighted by atomic mass is 16.5. The third-order valence-electron chi connectivity index (χ3n) is 3.48. The van der Waals surface area contributed by atoms with Crippen LogP contribution in [0.25, 0.3) is 0 Å². The largest absolute Gasteiger partial charge is 0.397 e. The maximum atomic E-state index is 12.1. The molecule has 1 atom stereocenters. The lowest BCUT2D eigenvalue weighted by atomic mass is 10.1. The molecule has 1 aliphatic rings. The monoisotopic (exact) mass is 277 g/mol. The zero-order valence-corrected chi connectivity index (χ0v) is 12.4. The van der Waals surface area contributed by atoms with E-state index in [1.807, 2.05) is 12.1 Å². The molecular weight excluding hydrogens is 254 g/mol. The highest BCUT2D eigenvalue weighted by Gasteiger charge is 2.19. The number of anilines is 2. The molecule has 0 aromatic heterocycles. The first-order valence-corrected chi connectivity index (χ1v) is 6.96.